The number of carbonyl (C=O) groups excluding carboxylic acids is 1. The number of benzene rings is 2. The monoisotopic (exact) mass is 364 g/mol. The van der Waals surface area contributed by atoms with Crippen molar-refractivity contribution in [2.45, 2.75) is 19.4 Å². The Kier molecular flexibility index (Phi) is 4.97. The van der Waals surface area contributed by atoms with Gasteiger partial charge in [-0.2, -0.15) is 0 Å². The van der Waals surface area contributed by atoms with Crippen LogP contribution in [0.25, 0.3) is 0 Å². The Morgan fingerprint density at radius 2 is 2.04 bits per heavy atom. The van der Waals surface area contributed by atoms with Gasteiger partial charge in [0.1, 0.15) is 10.8 Å². The molecule has 0 atom stereocenters. The molecule has 0 saturated heterocycles. The van der Waals surface area contributed by atoms with Gasteiger partial charge in [-0.05, 0) is 23.6 Å². The molecule has 2 aromatic carbocycles. The Balaban J connectivity index is 1.57. The minimum atomic E-state index is 0.00915. The van der Waals surface area contributed by atoms with Crippen molar-refractivity contribution >= 4 is 17.2 Å². The lowest BCUT2D eigenvalue weighted by molar-refractivity contribution is 0.0741. The van der Waals surface area contributed by atoms with Crippen LogP contribution in [-0.4, -0.2) is 28.9 Å². The lowest BCUT2D eigenvalue weighted by Gasteiger charge is -2.23. The van der Waals surface area contributed by atoms with Crippen molar-refractivity contribution < 1.29 is 9.53 Å². The van der Waals surface area contributed by atoms with Gasteiger partial charge in [0.15, 0.2) is 0 Å². The first kappa shape index (κ1) is 16.8. The molecule has 0 bridgehead atoms. The van der Waals surface area contributed by atoms with E-state index >= 15 is 0 Å². The highest BCUT2D eigenvalue weighted by atomic mass is 32.1. The van der Waals surface area contributed by atoms with Crippen LogP contribution >= 0.6 is 11.3 Å². The summed E-state index contributed by atoms with van der Waals surface area (Å²) < 4.78 is 5.74. The molecule has 26 heavy (non-hydrogen) atoms. The number of fused-ring (bicyclic) bond motifs is 1. The number of carbonyl (C=O) groups is 1. The molecule has 1 aliphatic heterocycles. The highest BCUT2D eigenvalue weighted by molar-refractivity contribution is 7.09. The van der Waals surface area contributed by atoms with Crippen molar-refractivity contribution in [3.8, 4) is 5.75 Å². The second-order valence-corrected chi connectivity index (χ2v) is 7.26. The lowest BCUT2D eigenvalue weighted by atomic mass is 10.1. The Labute approximate surface area is 157 Å². The number of hydrogen-bond acceptors (Lipinski definition) is 4. The summed E-state index contributed by atoms with van der Waals surface area (Å²) in [6.07, 6.45) is 3.46. The van der Waals surface area contributed by atoms with E-state index in [9.17, 15) is 4.79 Å². The summed E-state index contributed by atoms with van der Waals surface area (Å²) in [7, 11) is 0. The molecule has 0 N–H and O–H groups in total. The van der Waals surface area contributed by atoms with Crippen molar-refractivity contribution in [3.05, 3.63) is 81.8 Å². The van der Waals surface area contributed by atoms with Crippen LogP contribution in [-0.2, 0) is 19.4 Å². The van der Waals surface area contributed by atoms with E-state index < -0.39 is 0 Å². The van der Waals surface area contributed by atoms with E-state index in [1.807, 2.05) is 46.7 Å². The van der Waals surface area contributed by atoms with Crippen LogP contribution in [0.1, 0.15) is 26.5 Å². The molecule has 1 aromatic heterocycles. The molecule has 0 radical (unpaired) electrons. The van der Waals surface area contributed by atoms with Crippen molar-refractivity contribution in [1.29, 1.82) is 0 Å². The lowest BCUT2D eigenvalue weighted by Crippen LogP contribution is -2.32. The molecular weight excluding hydrogens is 344 g/mol. The third-order valence-electron chi connectivity index (χ3n) is 4.55. The number of ether oxygens (including phenoxy) is 1. The number of thiazole rings is 1. The second kappa shape index (κ2) is 7.70. The van der Waals surface area contributed by atoms with Crippen LogP contribution in [0.2, 0.25) is 0 Å². The zero-order valence-corrected chi connectivity index (χ0v) is 15.2. The van der Waals surface area contributed by atoms with Gasteiger partial charge < -0.3 is 9.64 Å². The number of rotatable bonds is 6. The molecule has 0 spiro atoms. The molecule has 2 heterocycles. The van der Waals surface area contributed by atoms with Gasteiger partial charge in [0.2, 0.25) is 0 Å². The SMILES string of the molecule is O=C(c1cccc2c1OCC2)N(CCc1ccccc1)Cc1nccs1. The predicted octanol–water partition coefficient (Wildman–Crippen LogP) is 3.96. The largest absolute Gasteiger partial charge is 0.492 e. The molecule has 0 fully saturated rings. The van der Waals surface area contributed by atoms with Crippen molar-refractivity contribution in [2.75, 3.05) is 13.2 Å². The van der Waals surface area contributed by atoms with E-state index in [1.165, 1.54) is 5.56 Å². The van der Waals surface area contributed by atoms with E-state index in [4.69, 9.17) is 4.74 Å². The van der Waals surface area contributed by atoms with Gasteiger partial charge in [0.25, 0.3) is 5.91 Å². The Hall–Kier alpha value is -2.66. The van der Waals surface area contributed by atoms with Crippen molar-refractivity contribution in [2.24, 2.45) is 0 Å². The topological polar surface area (TPSA) is 42.4 Å². The highest BCUT2D eigenvalue weighted by Crippen LogP contribution is 2.30. The smallest absolute Gasteiger partial charge is 0.258 e. The van der Waals surface area contributed by atoms with E-state index in [2.05, 4.69) is 17.1 Å². The molecule has 3 aromatic rings. The average Bonchev–Trinajstić information content (AvgIpc) is 3.36. The van der Waals surface area contributed by atoms with E-state index in [0.717, 1.165) is 29.2 Å². The summed E-state index contributed by atoms with van der Waals surface area (Å²) in [5, 5.41) is 2.89. The maximum absolute atomic E-state index is 13.3. The molecule has 5 heteroatoms. The van der Waals surface area contributed by atoms with Gasteiger partial charge in [0.05, 0.1) is 18.7 Å². The fourth-order valence-electron chi connectivity index (χ4n) is 3.21. The number of hydrogen-bond donors (Lipinski definition) is 0. The number of nitrogens with zero attached hydrogens (tertiary/aromatic N) is 2. The Bertz CT molecular complexity index is 878. The van der Waals surface area contributed by atoms with Gasteiger partial charge in [-0.3, -0.25) is 4.79 Å². The summed E-state index contributed by atoms with van der Waals surface area (Å²) in [4.78, 5) is 19.5. The fraction of sp³-hybridized carbons (Fsp3) is 0.238. The third-order valence-corrected chi connectivity index (χ3v) is 5.32. The van der Waals surface area contributed by atoms with Crippen molar-refractivity contribution in [3.63, 3.8) is 0 Å². The summed E-state index contributed by atoms with van der Waals surface area (Å²) in [6, 6.07) is 16.1. The summed E-state index contributed by atoms with van der Waals surface area (Å²) >= 11 is 1.57. The van der Waals surface area contributed by atoms with Crippen LogP contribution in [0.5, 0.6) is 5.75 Å². The number of para-hydroxylation sites is 1. The fourth-order valence-corrected chi connectivity index (χ4v) is 3.84. The molecule has 4 rings (SSSR count). The molecule has 1 aliphatic rings. The van der Waals surface area contributed by atoms with Crippen LogP contribution < -0.4 is 4.74 Å². The van der Waals surface area contributed by atoms with E-state index in [0.29, 0.717) is 25.3 Å². The summed E-state index contributed by atoms with van der Waals surface area (Å²) in [5.74, 6) is 0.760. The van der Waals surface area contributed by atoms with Gasteiger partial charge in [-0.1, -0.05) is 42.5 Å². The predicted molar refractivity (Wildman–Crippen MR) is 103 cm³/mol. The van der Waals surface area contributed by atoms with Crippen LogP contribution in [0, 0.1) is 0 Å². The Morgan fingerprint density at radius 1 is 1.15 bits per heavy atom. The van der Waals surface area contributed by atoms with E-state index in [1.54, 1.807) is 17.5 Å². The molecule has 0 saturated carbocycles. The maximum atomic E-state index is 13.3. The zero-order valence-electron chi connectivity index (χ0n) is 14.4. The number of aromatic nitrogens is 1. The standard InChI is InChI=1S/C21H20N2O2S/c24-21(18-8-4-7-17-10-13-25-20(17)18)23(15-19-22-11-14-26-19)12-9-16-5-2-1-3-6-16/h1-8,11,14H,9-10,12-13,15H2. The normalized spacial score (nSPS) is 12.5. The minimum absolute atomic E-state index is 0.00915. The van der Waals surface area contributed by atoms with E-state index in [-0.39, 0.29) is 5.91 Å². The van der Waals surface area contributed by atoms with Crippen LogP contribution in [0.15, 0.2) is 60.1 Å². The Morgan fingerprint density at radius 3 is 2.85 bits per heavy atom. The average molecular weight is 364 g/mol. The van der Waals surface area contributed by atoms with Crippen molar-refractivity contribution in [1.82, 2.24) is 9.88 Å². The van der Waals surface area contributed by atoms with Gasteiger partial charge in [-0.25, -0.2) is 4.98 Å². The molecular formula is C21H20N2O2S. The zero-order chi connectivity index (χ0) is 17.8. The molecule has 1 amide bonds. The first-order valence-electron chi connectivity index (χ1n) is 8.77. The van der Waals surface area contributed by atoms with Gasteiger partial charge >= 0.3 is 0 Å². The minimum Gasteiger partial charge on any atom is -0.492 e. The molecule has 0 unspecified atom stereocenters. The molecule has 0 aliphatic carbocycles. The quantitative estimate of drug-likeness (QED) is 0.665. The van der Waals surface area contributed by atoms with Gasteiger partial charge in [-0.15, -0.1) is 11.3 Å². The first-order valence-corrected chi connectivity index (χ1v) is 9.65. The van der Waals surface area contributed by atoms with Gasteiger partial charge in [0, 0.05) is 24.5 Å². The van der Waals surface area contributed by atoms with Crippen LogP contribution in [0.4, 0.5) is 0 Å². The summed E-state index contributed by atoms with van der Waals surface area (Å²) in [5.41, 5.74) is 3.00. The highest BCUT2D eigenvalue weighted by Gasteiger charge is 2.24. The van der Waals surface area contributed by atoms with Crippen LogP contribution in [0.3, 0.4) is 0 Å². The third kappa shape index (κ3) is 3.63. The molecule has 4 nitrogen and oxygen atoms in total. The summed E-state index contributed by atoms with van der Waals surface area (Å²) in [6.45, 7) is 1.81. The second-order valence-electron chi connectivity index (χ2n) is 6.28. The maximum Gasteiger partial charge on any atom is 0.258 e. The molecule has 132 valence electrons. The first-order chi connectivity index (χ1) is 12.8. The number of amides is 1.